The van der Waals surface area contributed by atoms with Gasteiger partial charge in [-0.1, -0.05) is 18.2 Å². The molecule has 6 heteroatoms. The fourth-order valence-electron chi connectivity index (χ4n) is 2.65. The lowest BCUT2D eigenvalue weighted by molar-refractivity contribution is 0.171. The number of hydrogen-bond acceptors (Lipinski definition) is 4. The Balaban J connectivity index is 1.66. The van der Waals surface area contributed by atoms with Gasteiger partial charge in [-0.15, -0.1) is 0 Å². The lowest BCUT2D eigenvalue weighted by Crippen LogP contribution is -2.26. The summed E-state index contributed by atoms with van der Waals surface area (Å²) in [6.07, 6.45) is 0.584. The minimum atomic E-state index is -3.51. The second kappa shape index (κ2) is 6.83. The quantitative estimate of drug-likeness (QED) is 0.903. The van der Waals surface area contributed by atoms with Crippen LogP contribution in [0.15, 0.2) is 41.3 Å². The van der Waals surface area contributed by atoms with E-state index in [0.717, 1.165) is 28.2 Å². The molecule has 1 aliphatic heterocycles. The Morgan fingerprint density at radius 1 is 1.00 bits per heavy atom. The highest BCUT2D eigenvalue weighted by Gasteiger charge is 2.17. The SMILES string of the molecule is Cc1ccc(C)c(S(=O)(=O)NCCc2ccc3c(c2)OCCO3)c1. The highest BCUT2D eigenvalue weighted by atomic mass is 32.2. The van der Waals surface area contributed by atoms with E-state index in [4.69, 9.17) is 9.47 Å². The first kappa shape index (κ1) is 16.8. The van der Waals surface area contributed by atoms with Crippen LogP contribution in [-0.4, -0.2) is 28.2 Å². The Kier molecular flexibility index (Phi) is 4.78. The molecule has 0 unspecified atom stereocenters. The van der Waals surface area contributed by atoms with E-state index in [1.807, 2.05) is 37.3 Å². The van der Waals surface area contributed by atoms with Crippen molar-refractivity contribution in [3.05, 3.63) is 53.1 Å². The molecule has 2 aromatic rings. The summed E-state index contributed by atoms with van der Waals surface area (Å²) in [7, 11) is -3.51. The molecule has 1 N–H and O–H groups in total. The van der Waals surface area contributed by atoms with Crippen LogP contribution in [-0.2, 0) is 16.4 Å². The Morgan fingerprint density at radius 3 is 2.54 bits per heavy atom. The van der Waals surface area contributed by atoms with E-state index >= 15 is 0 Å². The van der Waals surface area contributed by atoms with Crippen LogP contribution in [0.3, 0.4) is 0 Å². The van der Waals surface area contributed by atoms with Crippen LogP contribution in [0, 0.1) is 13.8 Å². The zero-order valence-corrected chi connectivity index (χ0v) is 14.7. The summed E-state index contributed by atoms with van der Waals surface area (Å²) in [6.45, 7) is 5.11. The molecule has 24 heavy (non-hydrogen) atoms. The number of benzene rings is 2. The van der Waals surface area contributed by atoms with Crippen LogP contribution >= 0.6 is 0 Å². The summed E-state index contributed by atoms with van der Waals surface area (Å²) >= 11 is 0. The predicted molar refractivity (Wildman–Crippen MR) is 92.2 cm³/mol. The van der Waals surface area contributed by atoms with E-state index in [9.17, 15) is 8.42 Å². The van der Waals surface area contributed by atoms with E-state index in [1.54, 1.807) is 13.0 Å². The molecule has 2 aromatic carbocycles. The summed E-state index contributed by atoms with van der Waals surface area (Å²) in [5.41, 5.74) is 2.67. The van der Waals surface area contributed by atoms with Gasteiger partial charge >= 0.3 is 0 Å². The van der Waals surface area contributed by atoms with Gasteiger partial charge in [0.05, 0.1) is 4.90 Å². The van der Waals surface area contributed by atoms with Crippen LogP contribution in [0.2, 0.25) is 0 Å². The van der Waals surface area contributed by atoms with E-state index in [-0.39, 0.29) is 0 Å². The van der Waals surface area contributed by atoms with E-state index < -0.39 is 10.0 Å². The second-order valence-electron chi connectivity index (χ2n) is 5.89. The number of sulfonamides is 1. The molecular weight excluding hydrogens is 326 g/mol. The Bertz CT molecular complexity index is 846. The van der Waals surface area contributed by atoms with Gasteiger partial charge in [0.15, 0.2) is 11.5 Å². The summed E-state index contributed by atoms with van der Waals surface area (Å²) < 4.78 is 38.6. The maximum atomic E-state index is 12.5. The molecule has 0 atom stereocenters. The number of hydrogen-bond donors (Lipinski definition) is 1. The topological polar surface area (TPSA) is 64.6 Å². The number of nitrogens with one attached hydrogen (secondary N) is 1. The molecule has 5 nitrogen and oxygen atoms in total. The fourth-order valence-corrected chi connectivity index (χ4v) is 4.01. The largest absolute Gasteiger partial charge is 0.486 e. The molecule has 0 radical (unpaired) electrons. The number of rotatable bonds is 5. The van der Waals surface area contributed by atoms with E-state index in [0.29, 0.717) is 31.1 Å². The molecule has 0 fully saturated rings. The first-order valence-corrected chi connectivity index (χ1v) is 9.39. The van der Waals surface area contributed by atoms with Gasteiger partial charge < -0.3 is 9.47 Å². The second-order valence-corrected chi connectivity index (χ2v) is 7.63. The van der Waals surface area contributed by atoms with Gasteiger partial charge in [0.25, 0.3) is 0 Å². The lowest BCUT2D eigenvalue weighted by atomic mass is 10.1. The highest BCUT2D eigenvalue weighted by molar-refractivity contribution is 7.89. The first-order chi connectivity index (χ1) is 11.5. The van der Waals surface area contributed by atoms with Gasteiger partial charge in [0.2, 0.25) is 10.0 Å². The third-order valence-corrected chi connectivity index (χ3v) is 5.55. The normalized spacial score (nSPS) is 13.8. The number of ether oxygens (including phenoxy) is 2. The zero-order valence-electron chi connectivity index (χ0n) is 13.8. The summed E-state index contributed by atoms with van der Waals surface area (Å²) in [5.74, 6) is 1.46. The van der Waals surface area contributed by atoms with Crippen molar-refractivity contribution in [2.75, 3.05) is 19.8 Å². The van der Waals surface area contributed by atoms with Crippen molar-refractivity contribution in [3.8, 4) is 11.5 Å². The van der Waals surface area contributed by atoms with Gasteiger partial charge in [-0.05, 0) is 55.2 Å². The molecule has 3 rings (SSSR count). The maximum absolute atomic E-state index is 12.5. The van der Waals surface area contributed by atoms with Crippen LogP contribution in [0.5, 0.6) is 11.5 Å². The molecule has 1 aliphatic rings. The van der Waals surface area contributed by atoms with Gasteiger partial charge in [-0.2, -0.15) is 0 Å². The average molecular weight is 347 g/mol. The molecular formula is C18H21NO4S. The van der Waals surface area contributed by atoms with Gasteiger partial charge in [-0.3, -0.25) is 0 Å². The van der Waals surface area contributed by atoms with Crippen LogP contribution < -0.4 is 14.2 Å². The summed E-state index contributed by atoms with van der Waals surface area (Å²) in [6, 6.07) is 11.1. The van der Waals surface area contributed by atoms with Crippen molar-refractivity contribution < 1.29 is 17.9 Å². The molecule has 0 spiro atoms. The van der Waals surface area contributed by atoms with Crippen molar-refractivity contribution in [2.45, 2.75) is 25.2 Å². The van der Waals surface area contributed by atoms with Crippen molar-refractivity contribution in [1.82, 2.24) is 4.72 Å². The van der Waals surface area contributed by atoms with E-state index in [1.165, 1.54) is 0 Å². The Labute approximate surface area is 142 Å². The molecule has 0 saturated heterocycles. The number of fused-ring (bicyclic) bond motifs is 1. The molecule has 0 amide bonds. The standard InChI is InChI=1S/C18H21NO4S/c1-13-3-4-14(2)18(11-13)24(20,21)19-8-7-15-5-6-16-17(12-15)23-10-9-22-16/h3-6,11-12,19H,7-10H2,1-2H3. The van der Waals surface area contributed by atoms with Crippen LogP contribution in [0.1, 0.15) is 16.7 Å². The lowest BCUT2D eigenvalue weighted by Gasteiger charge is -2.19. The van der Waals surface area contributed by atoms with Crippen LogP contribution in [0.4, 0.5) is 0 Å². The summed E-state index contributed by atoms with van der Waals surface area (Å²) in [5, 5.41) is 0. The smallest absolute Gasteiger partial charge is 0.240 e. The molecule has 0 aromatic heterocycles. The third kappa shape index (κ3) is 3.71. The molecule has 128 valence electrons. The third-order valence-electron chi connectivity index (χ3n) is 3.95. The molecule has 0 aliphatic carbocycles. The molecule has 1 heterocycles. The Hall–Kier alpha value is -2.05. The van der Waals surface area contributed by atoms with Gasteiger partial charge in [0.1, 0.15) is 13.2 Å². The van der Waals surface area contributed by atoms with Crippen molar-refractivity contribution in [2.24, 2.45) is 0 Å². The number of aryl methyl sites for hydroxylation is 2. The minimum Gasteiger partial charge on any atom is -0.486 e. The Morgan fingerprint density at radius 2 is 1.75 bits per heavy atom. The van der Waals surface area contributed by atoms with E-state index in [2.05, 4.69) is 4.72 Å². The highest BCUT2D eigenvalue weighted by Crippen LogP contribution is 2.30. The summed E-state index contributed by atoms with van der Waals surface area (Å²) in [4.78, 5) is 0.338. The minimum absolute atomic E-state index is 0.329. The van der Waals surface area contributed by atoms with Crippen molar-refractivity contribution >= 4 is 10.0 Å². The zero-order chi connectivity index (χ0) is 17.2. The average Bonchev–Trinajstić information content (AvgIpc) is 2.56. The van der Waals surface area contributed by atoms with Crippen LogP contribution in [0.25, 0.3) is 0 Å². The van der Waals surface area contributed by atoms with Crippen molar-refractivity contribution in [1.29, 1.82) is 0 Å². The monoisotopic (exact) mass is 347 g/mol. The van der Waals surface area contributed by atoms with Crippen molar-refractivity contribution in [3.63, 3.8) is 0 Å². The molecule has 0 bridgehead atoms. The maximum Gasteiger partial charge on any atom is 0.240 e. The fraction of sp³-hybridized carbons (Fsp3) is 0.333. The molecule has 0 saturated carbocycles. The van der Waals surface area contributed by atoms with Gasteiger partial charge in [0, 0.05) is 6.54 Å². The predicted octanol–water partition coefficient (Wildman–Crippen LogP) is 2.60. The van der Waals surface area contributed by atoms with Gasteiger partial charge in [-0.25, -0.2) is 13.1 Å². The first-order valence-electron chi connectivity index (χ1n) is 7.91.